The predicted molar refractivity (Wildman–Crippen MR) is 295 cm³/mol. The number of Topliss-reactive ketones (excluding diaryl/α,β-unsaturated/α-hetero) is 1. The molecule has 1 aromatic heterocycles. The number of nitrogens with zero attached hydrogens (tertiary/aromatic N) is 3. The molecule has 4 aliphatic carbocycles. The number of aromatic nitrogens is 1. The maximum absolute atomic E-state index is 16.3. The highest BCUT2D eigenvalue weighted by molar-refractivity contribution is 7.13. The smallest absolute Gasteiger partial charge is 0.309 e. The molecule has 412 valence electrons. The van der Waals surface area contributed by atoms with E-state index in [-0.39, 0.29) is 52.8 Å². The number of fused-ring (bicyclic) bond motifs is 6. The van der Waals surface area contributed by atoms with Crippen molar-refractivity contribution in [2.75, 3.05) is 18.4 Å². The molecule has 2 bridgehead atoms. The quantitative estimate of drug-likeness (QED) is 0.0910. The molecule has 3 aromatic carbocycles. The van der Waals surface area contributed by atoms with E-state index in [1.807, 2.05) is 70.5 Å². The van der Waals surface area contributed by atoms with Crippen LogP contribution in [0.4, 0.5) is 10.1 Å². The van der Waals surface area contributed by atoms with Crippen molar-refractivity contribution in [3.05, 3.63) is 104 Å². The van der Waals surface area contributed by atoms with E-state index in [1.54, 1.807) is 35.6 Å². The van der Waals surface area contributed by atoms with Gasteiger partial charge in [0.15, 0.2) is 5.78 Å². The van der Waals surface area contributed by atoms with E-state index in [2.05, 4.69) is 25.8 Å². The molecule has 4 amide bonds. The Morgan fingerprint density at radius 2 is 1.62 bits per heavy atom. The molecule has 11 rings (SSSR count). The second kappa shape index (κ2) is 21.8. The van der Waals surface area contributed by atoms with Crippen molar-refractivity contribution in [1.82, 2.24) is 25.4 Å². The number of carbonyl (C=O) groups excluding carboxylic acids is 5. The number of hydrogen-bond acceptors (Lipinski definition) is 10. The van der Waals surface area contributed by atoms with Crippen LogP contribution in [0.1, 0.15) is 146 Å². The van der Waals surface area contributed by atoms with Crippen LogP contribution in [0.3, 0.4) is 0 Å². The van der Waals surface area contributed by atoms with Crippen molar-refractivity contribution < 1.29 is 43.4 Å². The van der Waals surface area contributed by atoms with Crippen molar-refractivity contribution in [2.45, 2.75) is 173 Å². The Labute approximate surface area is 464 Å². The van der Waals surface area contributed by atoms with E-state index in [9.17, 15) is 34.2 Å². The molecule has 0 radical (unpaired) electrons. The highest BCUT2D eigenvalue weighted by atomic mass is 35.5. The lowest BCUT2D eigenvalue weighted by molar-refractivity contribution is -0.159. The number of aryl methyl sites for hydroxylation is 1. The van der Waals surface area contributed by atoms with Gasteiger partial charge in [0.05, 0.1) is 38.7 Å². The number of aliphatic hydroxyl groups is 1. The van der Waals surface area contributed by atoms with E-state index < -0.39 is 63.7 Å². The van der Waals surface area contributed by atoms with Gasteiger partial charge in [0.2, 0.25) is 23.6 Å². The van der Waals surface area contributed by atoms with Crippen LogP contribution < -0.4 is 16.0 Å². The highest BCUT2D eigenvalue weighted by Crippen LogP contribution is 2.67. The van der Waals surface area contributed by atoms with Gasteiger partial charge in [0, 0.05) is 55.0 Å². The van der Waals surface area contributed by atoms with Crippen molar-refractivity contribution in [3.63, 3.8) is 0 Å². The summed E-state index contributed by atoms with van der Waals surface area (Å²) >= 11 is 14.4. The van der Waals surface area contributed by atoms with Crippen molar-refractivity contribution in [3.8, 4) is 10.4 Å². The first kappa shape index (κ1) is 56.5. The largest absolute Gasteiger partial charge is 0.481 e. The SMILES string of the molecule is CC(=O)N[C@H](C(=O)N1C[C@H](O)C[C@H]1C(=O)NCc1ccc(-c2scnc2C)cc1)C(C)(C)C.CCN1[C@@H](C(=O)CC23CCC(C(=O)O)(CC2)CC3)[C@H](c2cccc(Cl)c2F)[C@]2(C(=O)Nc3cc(Cl)ccc32)C12CCCCC2. The van der Waals surface area contributed by atoms with Crippen LogP contribution in [0.2, 0.25) is 10.0 Å². The lowest BCUT2D eigenvalue weighted by atomic mass is 9.52. The molecule has 3 aliphatic heterocycles. The number of β-amino-alcohol motifs (C(OH)–C–C–N with tert-alkyl or cyclic N) is 1. The number of nitrogens with one attached hydrogen (secondary N) is 3. The topological polar surface area (TPSA) is 198 Å². The summed E-state index contributed by atoms with van der Waals surface area (Å²) in [6.45, 7) is 11.8. The monoisotopic (exact) mass is 1110 g/mol. The zero-order valence-corrected chi connectivity index (χ0v) is 47.1. The van der Waals surface area contributed by atoms with E-state index in [0.29, 0.717) is 87.2 Å². The molecule has 4 heterocycles. The van der Waals surface area contributed by atoms with Gasteiger partial charge in [-0.3, -0.25) is 33.7 Å². The summed E-state index contributed by atoms with van der Waals surface area (Å²) in [5.74, 6) is -3.33. The number of halogens is 3. The van der Waals surface area contributed by atoms with Crippen molar-refractivity contribution >= 4 is 75.6 Å². The third-order valence-electron chi connectivity index (χ3n) is 18.2. The summed E-state index contributed by atoms with van der Waals surface area (Å²) in [6.07, 6.45) is 7.75. The number of anilines is 1. The summed E-state index contributed by atoms with van der Waals surface area (Å²) < 4.78 is 16.3. The Morgan fingerprint density at radius 3 is 2.22 bits per heavy atom. The second-order valence-corrected chi connectivity index (χ2v) is 25.4. The molecule has 4 saturated carbocycles. The number of rotatable bonds is 12. The molecular weight excluding hydrogens is 1040 g/mol. The lowest BCUT2D eigenvalue weighted by Crippen LogP contribution is -2.61. The van der Waals surface area contributed by atoms with Gasteiger partial charge < -0.3 is 31.1 Å². The zero-order valence-electron chi connectivity index (χ0n) is 44.8. The third-order valence-corrected chi connectivity index (χ3v) is 19.7. The zero-order chi connectivity index (χ0) is 55.4. The van der Waals surface area contributed by atoms with Crippen LogP contribution in [0.25, 0.3) is 10.4 Å². The number of aliphatic hydroxyl groups excluding tert-OH is 1. The van der Waals surface area contributed by atoms with Gasteiger partial charge in [0.1, 0.15) is 23.3 Å². The number of hydrogen-bond donors (Lipinski definition) is 5. The molecule has 2 saturated heterocycles. The first-order valence-corrected chi connectivity index (χ1v) is 28.8. The Morgan fingerprint density at radius 1 is 0.948 bits per heavy atom. The number of ketones is 1. The Kier molecular flexibility index (Phi) is 16.0. The maximum atomic E-state index is 16.3. The molecule has 4 aromatic rings. The van der Waals surface area contributed by atoms with Crippen LogP contribution in [-0.2, 0) is 40.7 Å². The molecule has 6 atom stereocenters. The summed E-state index contributed by atoms with van der Waals surface area (Å²) in [6, 6.07) is 15.9. The summed E-state index contributed by atoms with van der Waals surface area (Å²) in [5, 5.41) is 29.3. The number of benzene rings is 3. The van der Waals surface area contributed by atoms with E-state index in [4.69, 9.17) is 23.2 Å². The number of amides is 4. The first-order valence-electron chi connectivity index (χ1n) is 27.1. The van der Waals surface area contributed by atoms with Gasteiger partial charge in [-0.05, 0) is 116 Å². The van der Waals surface area contributed by atoms with E-state index in [1.165, 1.54) is 17.9 Å². The summed E-state index contributed by atoms with van der Waals surface area (Å²) in [7, 11) is 0. The van der Waals surface area contributed by atoms with Gasteiger partial charge in [-0.25, -0.2) is 9.37 Å². The average molecular weight is 1110 g/mol. The maximum Gasteiger partial charge on any atom is 0.309 e. The molecular formula is C59H71Cl2FN6O8S. The Bertz CT molecular complexity index is 2930. The Hall–Kier alpha value is -5.26. The standard InChI is InChI=1S/C35H39Cl2FN2O4.C24H32N4O4S/c1-2-40-29(26(41)20-32-13-16-33(17-14-32,18-15-32)31(43)44)27(22-7-6-8-24(37)28(22)38)35(34(40)11-4-3-5-12-34)23-10-9-21(36)19-25(23)39-30(35)42;1-14-20(33-13-26-14)17-8-6-16(7-9-17)11-25-22(31)19-10-18(30)12-28(19)23(32)21(24(3,4)5)27-15(2)29/h6-10,19,27,29H,2-5,11-18,20H2,1H3,(H,39,42)(H,43,44);6-9,13,18-19,21,30H,10-12H2,1-5H3,(H,25,31)(H,27,29)/t27-,29-,32?,33?,35+;18-,19+,21-/m01/s1. The fourth-order valence-corrected chi connectivity index (χ4v) is 15.6. The molecule has 7 aliphatic rings. The molecule has 0 unspecified atom stereocenters. The highest BCUT2D eigenvalue weighted by Gasteiger charge is 2.75. The summed E-state index contributed by atoms with van der Waals surface area (Å²) in [5.41, 5.74) is 3.05. The number of likely N-dealkylation sites (tertiary alicyclic amines) is 2. The average Bonchev–Trinajstić information content (AvgIpc) is 4.20. The molecule has 6 fully saturated rings. The van der Waals surface area contributed by atoms with Gasteiger partial charge in [-0.1, -0.05) is 113 Å². The van der Waals surface area contributed by atoms with E-state index >= 15 is 9.18 Å². The molecule has 2 spiro atoms. The second-order valence-electron chi connectivity index (χ2n) is 23.7. The molecule has 5 N–H and O–H groups in total. The number of carboxylic acid groups (broad SMARTS) is 1. The fourth-order valence-electron chi connectivity index (χ4n) is 14.4. The Balaban J connectivity index is 0.000000196. The van der Waals surface area contributed by atoms with E-state index in [0.717, 1.165) is 46.5 Å². The van der Waals surface area contributed by atoms with Gasteiger partial charge in [-0.2, -0.15) is 0 Å². The number of thiazole rings is 1. The van der Waals surface area contributed by atoms with Crippen molar-refractivity contribution in [1.29, 1.82) is 0 Å². The molecule has 18 heteroatoms. The minimum Gasteiger partial charge on any atom is -0.481 e. The van der Waals surface area contributed by atoms with Crippen LogP contribution >= 0.6 is 34.5 Å². The van der Waals surface area contributed by atoms with Crippen molar-refractivity contribution in [2.24, 2.45) is 16.2 Å². The fraction of sp³-hybridized carbons (Fsp3) is 0.542. The normalized spacial score (nSPS) is 27.7. The van der Waals surface area contributed by atoms with Gasteiger partial charge in [-0.15, -0.1) is 11.3 Å². The van der Waals surface area contributed by atoms with Gasteiger partial charge >= 0.3 is 5.97 Å². The third kappa shape index (κ3) is 10.1. The minimum absolute atomic E-state index is 0.0120. The van der Waals surface area contributed by atoms with Crippen LogP contribution in [0.5, 0.6) is 0 Å². The molecule has 77 heavy (non-hydrogen) atoms. The van der Waals surface area contributed by atoms with Crippen LogP contribution in [0.15, 0.2) is 66.2 Å². The number of carbonyl (C=O) groups is 6. The molecule has 14 nitrogen and oxygen atoms in total. The van der Waals surface area contributed by atoms with Crippen LogP contribution in [0, 0.1) is 29.0 Å². The predicted octanol–water partition coefficient (Wildman–Crippen LogP) is 10.1. The first-order chi connectivity index (χ1) is 36.5. The summed E-state index contributed by atoms with van der Waals surface area (Å²) in [4.78, 5) is 88.8. The lowest BCUT2D eigenvalue weighted by Gasteiger charge is -2.52. The number of likely N-dealkylation sites (N-methyl/N-ethyl adjacent to an activating group) is 1. The number of aliphatic carboxylic acids is 1. The minimum atomic E-state index is -1.23. The van der Waals surface area contributed by atoms with Crippen LogP contribution in [-0.4, -0.2) is 103 Å². The van der Waals surface area contributed by atoms with Gasteiger partial charge in [0.25, 0.3) is 0 Å². The number of carboxylic acids is 1.